The zero-order chi connectivity index (χ0) is 9.90. The van der Waals surface area contributed by atoms with Crippen LogP contribution >= 0.6 is 0 Å². The minimum absolute atomic E-state index is 0.209. The number of esters is 1. The van der Waals surface area contributed by atoms with Crippen LogP contribution in [0.1, 0.15) is 20.3 Å². The molecule has 76 valence electrons. The zero-order valence-corrected chi connectivity index (χ0v) is 8.52. The van der Waals surface area contributed by atoms with E-state index < -0.39 is 5.54 Å². The van der Waals surface area contributed by atoms with Crippen LogP contribution in [0.3, 0.4) is 0 Å². The van der Waals surface area contributed by atoms with Crippen molar-refractivity contribution >= 4 is 5.97 Å². The fourth-order valence-electron chi connectivity index (χ4n) is 1.60. The topological polar surface area (TPSA) is 50.4 Å². The Kier molecular flexibility index (Phi) is 3.27. The number of hydrogen-bond donors (Lipinski definition) is 2. The molecule has 0 aromatic rings. The lowest BCUT2D eigenvalue weighted by molar-refractivity contribution is -0.147. The van der Waals surface area contributed by atoms with Crippen LogP contribution < -0.4 is 10.6 Å². The molecule has 13 heavy (non-hydrogen) atoms. The normalized spacial score (nSPS) is 23.2. The molecule has 1 saturated heterocycles. The Hall–Kier alpha value is -0.610. The second-order valence-electron chi connectivity index (χ2n) is 3.95. The van der Waals surface area contributed by atoms with Crippen molar-refractivity contribution in [3.63, 3.8) is 0 Å². The highest BCUT2D eigenvalue weighted by Crippen LogP contribution is 2.09. The van der Waals surface area contributed by atoms with Gasteiger partial charge in [-0.25, -0.2) is 0 Å². The summed E-state index contributed by atoms with van der Waals surface area (Å²) < 4.78 is 4.70. The Labute approximate surface area is 79.0 Å². The van der Waals surface area contributed by atoms with Crippen LogP contribution in [0.2, 0.25) is 0 Å². The number of hydrogen-bond acceptors (Lipinski definition) is 4. The van der Waals surface area contributed by atoms with Crippen LogP contribution in [0.5, 0.6) is 0 Å². The Morgan fingerprint density at radius 1 is 1.62 bits per heavy atom. The van der Waals surface area contributed by atoms with Gasteiger partial charge in [-0.05, 0) is 26.8 Å². The van der Waals surface area contributed by atoms with E-state index in [9.17, 15) is 4.79 Å². The standard InChI is InChI=1S/C9H18N2O2/c1-9(2,8(12)13-3)11-7-4-5-10-6-7/h7,10-11H,4-6H2,1-3H3. The van der Waals surface area contributed by atoms with Crippen LogP contribution in [0.4, 0.5) is 0 Å². The van der Waals surface area contributed by atoms with E-state index in [0.717, 1.165) is 19.5 Å². The Balaban J connectivity index is 2.44. The molecule has 4 nitrogen and oxygen atoms in total. The van der Waals surface area contributed by atoms with Gasteiger partial charge in [0.15, 0.2) is 0 Å². The number of rotatable bonds is 3. The third-order valence-corrected chi connectivity index (χ3v) is 2.32. The lowest BCUT2D eigenvalue weighted by Gasteiger charge is -2.26. The van der Waals surface area contributed by atoms with Gasteiger partial charge in [-0.3, -0.25) is 10.1 Å². The second kappa shape index (κ2) is 4.07. The minimum Gasteiger partial charge on any atom is -0.468 e. The van der Waals surface area contributed by atoms with Crippen molar-refractivity contribution in [1.82, 2.24) is 10.6 Å². The maximum atomic E-state index is 11.3. The maximum absolute atomic E-state index is 11.3. The average Bonchev–Trinajstić information content (AvgIpc) is 2.54. The van der Waals surface area contributed by atoms with Crippen LogP contribution in [-0.2, 0) is 9.53 Å². The number of carbonyl (C=O) groups is 1. The largest absolute Gasteiger partial charge is 0.468 e. The van der Waals surface area contributed by atoms with Crippen LogP contribution in [-0.4, -0.2) is 37.7 Å². The summed E-state index contributed by atoms with van der Waals surface area (Å²) in [6.07, 6.45) is 1.07. The van der Waals surface area contributed by atoms with Crippen molar-refractivity contribution < 1.29 is 9.53 Å². The Morgan fingerprint density at radius 2 is 2.31 bits per heavy atom. The Bertz CT molecular complexity index is 186. The highest BCUT2D eigenvalue weighted by Gasteiger charge is 2.31. The van der Waals surface area contributed by atoms with Gasteiger partial charge < -0.3 is 10.1 Å². The van der Waals surface area contributed by atoms with E-state index >= 15 is 0 Å². The van der Waals surface area contributed by atoms with Gasteiger partial charge in [0, 0.05) is 12.6 Å². The van der Waals surface area contributed by atoms with Crippen molar-refractivity contribution in [2.75, 3.05) is 20.2 Å². The second-order valence-corrected chi connectivity index (χ2v) is 3.95. The molecule has 0 amide bonds. The van der Waals surface area contributed by atoms with Gasteiger partial charge in [0.25, 0.3) is 0 Å². The first-order valence-electron chi connectivity index (χ1n) is 4.63. The van der Waals surface area contributed by atoms with Crippen molar-refractivity contribution in [1.29, 1.82) is 0 Å². The van der Waals surface area contributed by atoms with E-state index in [-0.39, 0.29) is 5.97 Å². The summed E-state index contributed by atoms with van der Waals surface area (Å²) in [7, 11) is 1.42. The molecule has 1 atom stereocenters. The molecule has 1 heterocycles. The van der Waals surface area contributed by atoms with Crippen LogP contribution in [0.25, 0.3) is 0 Å². The molecule has 1 aliphatic rings. The van der Waals surface area contributed by atoms with E-state index in [1.54, 1.807) is 0 Å². The lowest BCUT2D eigenvalue weighted by Crippen LogP contribution is -2.52. The molecule has 0 aliphatic carbocycles. The molecule has 1 fully saturated rings. The van der Waals surface area contributed by atoms with Crippen LogP contribution in [0.15, 0.2) is 0 Å². The third-order valence-electron chi connectivity index (χ3n) is 2.32. The summed E-state index contributed by atoms with van der Waals surface area (Å²) in [6.45, 7) is 5.64. The fourth-order valence-corrected chi connectivity index (χ4v) is 1.60. The number of ether oxygens (including phenoxy) is 1. The van der Waals surface area contributed by atoms with E-state index in [1.807, 2.05) is 13.8 Å². The maximum Gasteiger partial charge on any atom is 0.325 e. The summed E-state index contributed by atoms with van der Waals surface area (Å²) in [6, 6.07) is 0.383. The molecule has 1 aliphatic heterocycles. The van der Waals surface area contributed by atoms with Gasteiger partial charge in [-0.2, -0.15) is 0 Å². The fraction of sp³-hybridized carbons (Fsp3) is 0.889. The van der Waals surface area contributed by atoms with E-state index in [4.69, 9.17) is 4.74 Å². The smallest absolute Gasteiger partial charge is 0.325 e. The highest BCUT2D eigenvalue weighted by molar-refractivity contribution is 5.79. The monoisotopic (exact) mass is 186 g/mol. The molecule has 4 heteroatoms. The quantitative estimate of drug-likeness (QED) is 0.604. The molecule has 1 unspecified atom stereocenters. The summed E-state index contributed by atoms with van der Waals surface area (Å²) in [5, 5.41) is 6.51. The van der Waals surface area contributed by atoms with Crippen LogP contribution in [0, 0.1) is 0 Å². The predicted molar refractivity (Wildman–Crippen MR) is 50.5 cm³/mol. The first kappa shape index (κ1) is 10.5. The number of nitrogens with one attached hydrogen (secondary N) is 2. The van der Waals surface area contributed by atoms with Gasteiger partial charge in [-0.1, -0.05) is 0 Å². The predicted octanol–water partition coefficient (Wildman–Crippen LogP) is -0.110. The van der Waals surface area contributed by atoms with Crippen molar-refractivity contribution in [3.05, 3.63) is 0 Å². The van der Waals surface area contributed by atoms with Crippen molar-refractivity contribution in [3.8, 4) is 0 Å². The summed E-state index contributed by atoms with van der Waals surface area (Å²) in [4.78, 5) is 11.3. The Morgan fingerprint density at radius 3 is 2.77 bits per heavy atom. The SMILES string of the molecule is COC(=O)C(C)(C)NC1CCNC1. The van der Waals surface area contributed by atoms with Crippen molar-refractivity contribution in [2.24, 2.45) is 0 Å². The van der Waals surface area contributed by atoms with Gasteiger partial charge >= 0.3 is 5.97 Å². The number of carbonyl (C=O) groups excluding carboxylic acids is 1. The average molecular weight is 186 g/mol. The molecule has 1 rings (SSSR count). The first-order chi connectivity index (χ1) is 6.06. The zero-order valence-electron chi connectivity index (χ0n) is 8.52. The molecule has 0 aromatic heterocycles. The number of methoxy groups -OCH3 is 1. The molecule has 2 N–H and O–H groups in total. The van der Waals surface area contributed by atoms with Gasteiger partial charge in [0.2, 0.25) is 0 Å². The molecule has 0 aromatic carbocycles. The summed E-state index contributed by atoms with van der Waals surface area (Å²) in [5.74, 6) is -0.209. The van der Waals surface area contributed by atoms with Gasteiger partial charge in [-0.15, -0.1) is 0 Å². The molecular weight excluding hydrogens is 168 g/mol. The van der Waals surface area contributed by atoms with Crippen molar-refractivity contribution in [2.45, 2.75) is 31.8 Å². The van der Waals surface area contributed by atoms with E-state index in [0.29, 0.717) is 6.04 Å². The summed E-state index contributed by atoms with van der Waals surface area (Å²) >= 11 is 0. The van der Waals surface area contributed by atoms with E-state index in [2.05, 4.69) is 10.6 Å². The molecule has 0 saturated carbocycles. The van der Waals surface area contributed by atoms with Gasteiger partial charge in [0.05, 0.1) is 7.11 Å². The minimum atomic E-state index is -0.578. The molecule has 0 spiro atoms. The van der Waals surface area contributed by atoms with E-state index in [1.165, 1.54) is 7.11 Å². The third kappa shape index (κ3) is 2.67. The molecular formula is C9H18N2O2. The highest BCUT2D eigenvalue weighted by atomic mass is 16.5. The molecule has 0 radical (unpaired) electrons. The lowest BCUT2D eigenvalue weighted by atomic mass is 10.0. The summed E-state index contributed by atoms with van der Waals surface area (Å²) in [5.41, 5.74) is -0.578. The molecule has 0 bridgehead atoms. The first-order valence-corrected chi connectivity index (χ1v) is 4.63. The van der Waals surface area contributed by atoms with Gasteiger partial charge in [0.1, 0.15) is 5.54 Å².